The van der Waals surface area contributed by atoms with Gasteiger partial charge in [0.2, 0.25) is 0 Å². The van der Waals surface area contributed by atoms with Crippen molar-refractivity contribution in [2.45, 2.75) is 56.5 Å². The lowest BCUT2D eigenvalue weighted by molar-refractivity contribution is 0.631. The summed E-state index contributed by atoms with van der Waals surface area (Å²) in [6, 6.07) is 6.80. The summed E-state index contributed by atoms with van der Waals surface area (Å²) in [7, 11) is 2.01. The van der Waals surface area contributed by atoms with Gasteiger partial charge in [-0.3, -0.25) is 4.68 Å². The van der Waals surface area contributed by atoms with Crippen LogP contribution in [-0.2, 0) is 13.5 Å². The quantitative estimate of drug-likeness (QED) is 0.914. The third kappa shape index (κ3) is 3.69. The summed E-state index contributed by atoms with van der Waals surface area (Å²) in [4.78, 5) is 1.26. The molecule has 1 unspecified atom stereocenters. The van der Waals surface area contributed by atoms with Crippen molar-refractivity contribution in [1.29, 1.82) is 0 Å². The van der Waals surface area contributed by atoms with Crippen molar-refractivity contribution in [3.8, 4) is 0 Å². The molecular formula is C17H25N3S. The van der Waals surface area contributed by atoms with Gasteiger partial charge in [-0.2, -0.15) is 5.10 Å². The number of aromatic nitrogens is 2. The molecule has 1 aromatic carbocycles. The zero-order valence-electron chi connectivity index (χ0n) is 13.6. The van der Waals surface area contributed by atoms with Gasteiger partial charge in [-0.15, -0.1) is 0 Å². The van der Waals surface area contributed by atoms with E-state index in [1.54, 1.807) is 11.8 Å². The molecule has 0 saturated heterocycles. The smallest absolute Gasteiger partial charge is 0.102 e. The second-order valence-electron chi connectivity index (χ2n) is 5.71. The zero-order valence-corrected chi connectivity index (χ0v) is 14.4. The Morgan fingerprint density at radius 3 is 2.57 bits per heavy atom. The number of hydrogen-bond donors (Lipinski definition) is 1. The lowest BCUT2D eigenvalue weighted by Gasteiger charge is -2.11. The molecule has 0 aliphatic heterocycles. The van der Waals surface area contributed by atoms with Gasteiger partial charge in [0.15, 0.2) is 0 Å². The minimum absolute atomic E-state index is 0.201. The molecule has 2 aromatic rings. The maximum Gasteiger partial charge on any atom is 0.102 e. The standard InChI is InChI=1S/C17H25N3S/c1-6-14(18)10-16-13(4)19-20(5)17(16)21-15-8-7-11(2)12(3)9-15/h7-9,14H,6,10,18H2,1-5H3. The van der Waals surface area contributed by atoms with Crippen molar-refractivity contribution >= 4 is 11.8 Å². The highest BCUT2D eigenvalue weighted by molar-refractivity contribution is 7.99. The molecule has 1 atom stereocenters. The van der Waals surface area contributed by atoms with Gasteiger partial charge in [-0.05, 0) is 56.9 Å². The summed E-state index contributed by atoms with van der Waals surface area (Å²) in [6.45, 7) is 8.50. The normalized spacial score (nSPS) is 12.7. The Labute approximate surface area is 131 Å². The van der Waals surface area contributed by atoms with Crippen LogP contribution in [0.5, 0.6) is 0 Å². The summed E-state index contributed by atoms with van der Waals surface area (Å²) in [5.41, 5.74) is 11.2. The third-order valence-corrected chi connectivity index (χ3v) is 5.17. The Bertz CT molecular complexity index is 631. The van der Waals surface area contributed by atoms with Crippen LogP contribution >= 0.6 is 11.8 Å². The van der Waals surface area contributed by atoms with E-state index in [4.69, 9.17) is 5.73 Å². The predicted molar refractivity (Wildman–Crippen MR) is 90.0 cm³/mol. The molecule has 0 bridgehead atoms. The van der Waals surface area contributed by atoms with E-state index in [-0.39, 0.29) is 6.04 Å². The van der Waals surface area contributed by atoms with Gasteiger partial charge >= 0.3 is 0 Å². The Morgan fingerprint density at radius 2 is 1.95 bits per heavy atom. The fraction of sp³-hybridized carbons (Fsp3) is 0.471. The molecule has 21 heavy (non-hydrogen) atoms. The van der Waals surface area contributed by atoms with Crippen LogP contribution in [-0.4, -0.2) is 15.8 Å². The van der Waals surface area contributed by atoms with E-state index in [0.29, 0.717) is 0 Å². The summed E-state index contributed by atoms with van der Waals surface area (Å²) >= 11 is 1.78. The molecule has 0 spiro atoms. The van der Waals surface area contributed by atoms with Crippen molar-refractivity contribution in [3.05, 3.63) is 40.6 Å². The lowest BCUT2D eigenvalue weighted by Crippen LogP contribution is -2.21. The number of aryl methyl sites for hydroxylation is 4. The van der Waals surface area contributed by atoms with Crippen molar-refractivity contribution in [3.63, 3.8) is 0 Å². The Kier molecular flexibility index (Phi) is 5.12. The number of nitrogens with two attached hydrogens (primary N) is 1. The third-order valence-electron chi connectivity index (χ3n) is 3.97. The second kappa shape index (κ2) is 6.67. The van der Waals surface area contributed by atoms with Gasteiger partial charge in [-0.25, -0.2) is 0 Å². The van der Waals surface area contributed by atoms with Crippen LogP contribution in [0.4, 0.5) is 0 Å². The average Bonchev–Trinajstić information content (AvgIpc) is 2.69. The SMILES string of the molecule is CCC(N)Cc1c(C)nn(C)c1Sc1ccc(C)c(C)c1. The fourth-order valence-corrected chi connectivity index (χ4v) is 3.46. The topological polar surface area (TPSA) is 43.8 Å². The van der Waals surface area contributed by atoms with Crippen LogP contribution in [0.3, 0.4) is 0 Å². The largest absolute Gasteiger partial charge is 0.327 e. The fourth-order valence-electron chi connectivity index (χ4n) is 2.34. The summed E-state index contributed by atoms with van der Waals surface area (Å²) in [5, 5.41) is 5.78. The molecule has 4 heteroatoms. The molecule has 114 valence electrons. The minimum Gasteiger partial charge on any atom is -0.327 e. The van der Waals surface area contributed by atoms with E-state index < -0.39 is 0 Å². The second-order valence-corrected chi connectivity index (χ2v) is 6.78. The number of rotatable bonds is 5. The van der Waals surface area contributed by atoms with Crippen LogP contribution in [0.15, 0.2) is 28.1 Å². The first-order valence-corrected chi connectivity index (χ1v) is 8.27. The number of benzene rings is 1. The van der Waals surface area contributed by atoms with Crippen molar-refractivity contribution in [2.24, 2.45) is 12.8 Å². The van der Waals surface area contributed by atoms with E-state index in [0.717, 1.165) is 18.5 Å². The maximum absolute atomic E-state index is 6.14. The lowest BCUT2D eigenvalue weighted by atomic mass is 10.1. The molecule has 0 fully saturated rings. The van der Waals surface area contributed by atoms with E-state index in [9.17, 15) is 0 Å². The first-order chi connectivity index (χ1) is 9.92. The summed E-state index contributed by atoms with van der Waals surface area (Å²) in [6.07, 6.45) is 1.88. The average molecular weight is 303 g/mol. The maximum atomic E-state index is 6.14. The first-order valence-electron chi connectivity index (χ1n) is 7.45. The molecule has 0 saturated carbocycles. The van der Waals surface area contributed by atoms with Gasteiger partial charge < -0.3 is 5.73 Å². The van der Waals surface area contributed by atoms with Crippen LogP contribution in [0, 0.1) is 20.8 Å². The molecule has 1 heterocycles. The van der Waals surface area contributed by atoms with Crippen LogP contribution in [0.25, 0.3) is 0 Å². The van der Waals surface area contributed by atoms with Gasteiger partial charge in [0, 0.05) is 23.5 Å². The Morgan fingerprint density at radius 1 is 1.24 bits per heavy atom. The summed E-state index contributed by atoms with van der Waals surface area (Å²) < 4.78 is 1.98. The molecule has 2 rings (SSSR count). The summed E-state index contributed by atoms with van der Waals surface area (Å²) in [5.74, 6) is 0. The van der Waals surface area contributed by atoms with Crippen molar-refractivity contribution < 1.29 is 0 Å². The molecule has 1 aromatic heterocycles. The molecular weight excluding hydrogens is 278 g/mol. The highest BCUT2D eigenvalue weighted by Crippen LogP contribution is 2.33. The van der Waals surface area contributed by atoms with Gasteiger partial charge in [0.25, 0.3) is 0 Å². The monoisotopic (exact) mass is 303 g/mol. The van der Waals surface area contributed by atoms with Crippen LogP contribution < -0.4 is 5.73 Å². The van der Waals surface area contributed by atoms with Crippen molar-refractivity contribution in [1.82, 2.24) is 9.78 Å². The van der Waals surface area contributed by atoms with E-state index in [1.165, 1.54) is 26.6 Å². The molecule has 0 aliphatic rings. The Hall–Kier alpha value is -1.26. The van der Waals surface area contributed by atoms with Crippen LogP contribution in [0.2, 0.25) is 0 Å². The Balaban J connectivity index is 2.32. The predicted octanol–water partition coefficient (Wildman–Crippen LogP) is 3.78. The van der Waals surface area contributed by atoms with E-state index in [1.807, 2.05) is 11.7 Å². The molecule has 0 amide bonds. The van der Waals surface area contributed by atoms with Gasteiger partial charge in [-0.1, -0.05) is 24.8 Å². The van der Waals surface area contributed by atoms with Gasteiger partial charge in [0.05, 0.1) is 5.69 Å². The van der Waals surface area contributed by atoms with E-state index in [2.05, 4.69) is 51.0 Å². The first kappa shape index (κ1) is 16.1. The molecule has 0 radical (unpaired) electrons. The highest BCUT2D eigenvalue weighted by atomic mass is 32.2. The minimum atomic E-state index is 0.201. The molecule has 0 aliphatic carbocycles. The zero-order chi connectivity index (χ0) is 15.6. The molecule has 2 N–H and O–H groups in total. The van der Waals surface area contributed by atoms with Gasteiger partial charge in [0.1, 0.15) is 5.03 Å². The highest BCUT2D eigenvalue weighted by Gasteiger charge is 2.16. The molecule has 3 nitrogen and oxygen atoms in total. The van der Waals surface area contributed by atoms with Crippen LogP contribution in [0.1, 0.15) is 35.7 Å². The van der Waals surface area contributed by atoms with Crippen molar-refractivity contribution in [2.75, 3.05) is 0 Å². The number of nitrogens with zero attached hydrogens (tertiary/aromatic N) is 2. The number of hydrogen-bond acceptors (Lipinski definition) is 3. The van der Waals surface area contributed by atoms with E-state index >= 15 is 0 Å².